The van der Waals surface area contributed by atoms with Crippen molar-refractivity contribution in [3.63, 3.8) is 0 Å². The van der Waals surface area contributed by atoms with E-state index in [-0.39, 0.29) is 0 Å². The van der Waals surface area contributed by atoms with E-state index in [9.17, 15) is 0 Å². The topological polar surface area (TPSA) is 39.4 Å². The molecule has 0 saturated carbocycles. The number of allylic oxidation sites excluding steroid dienone is 4. The van der Waals surface area contributed by atoms with Crippen molar-refractivity contribution in [2.75, 3.05) is 0 Å². The first-order valence-electron chi connectivity index (χ1n) is 8.18. The van der Waals surface area contributed by atoms with E-state index in [1.807, 2.05) is 47.1 Å². The number of benzene rings is 1. The van der Waals surface area contributed by atoms with Crippen LogP contribution in [0.5, 0.6) is 5.75 Å². The van der Waals surface area contributed by atoms with E-state index in [1.165, 1.54) is 11.1 Å². The maximum atomic E-state index is 5.76. The molecule has 1 aliphatic rings. The van der Waals surface area contributed by atoms with E-state index >= 15 is 0 Å². The molecule has 2 aromatic heterocycles. The van der Waals surface area contributed by atoms with Gasteiger partial charge in [-0.25, -0.2) is 9.97 Å². The van der Waals surface area contributed by atoms with Crippen LogP contribution >= 0.6 is 0 Å². The van der Waals surface area contributed by atoms with Crippen LogP contribution in [0.1, 0.15) is 31.0 Å². The first-order chi connectivity index (χ1) is 11.8. The summed E-state index contributed by atoms with van der Waals surface area (Å²) in [5.41, 5.74) is 4.72. The largest absolute Gasteiger partial charge is 0.487 e. The second kappa shape index (κ2) is 6.32. The summed E-state index contributed by atoms with van der Waals surface area (Å²) in [4.78, 5) is 9.03. The van der Waals surface area contributed by atoms with Crippen molar-refractivity contribution in [2.24, 2.45) is 0 Å². The molecule has 0 spiro atoms. The summed E-state index contributed by atoms with van der Waals surface area (Å²) in [5, 5.41) is 0. The number of hydrogen-bond acceptors (Lipinski definition) is 3. The molecule has 0 bridgehead atoms. The molecular weight excluding hydrogens is 298 g/mol. The van der Waals surface area contributed by atoms with Gasteiger partial charge in [-0.3, -0.25) is 4.40 Å². The van der Waals surface area contributed by atoms with Crippen molar-refractivity contribution in [1.82, 2.24) is 14.4 Å². The van der Waals surface area contributed by atoms with E-state index in [0.29, 0.717) is 12.4 Å². The molecule has 0 amide bonds. The first-order valence-corrected chi connectivity index (χ1v) is 8.18. The Labute approximate surface area is 141 Å². The number of nitrogens with zero attached hydrogens (tertiary/aromatic N) is 3. The van der Waals surface area contributed by atoms with Crippen LogP contribution in [0.3, 0.4) is 0 Å². The van der Waals surface area contributed by atoms with E-state index < -0.39 is 0 Å². The highest BCUT2D eigenvalue weighted by Gasteiger charge is 2.10. The zero-order valence-electron chi connectivity index (χ0n) is 13.6. The van der Waals surface area contributed by atoms with Gasteiger partial charge in [-0.1, -0.05) is 30.4 Å². The fourth-order valence-electron chi connectivity index (χ4n) is 2.99. The van der Waals surface area contributed by atoms with Crippen molar-refractivity contribution < 1.29 is 4.74 Å². The van der Waals surface area contributed by atoms with Crippen LogP contribution in [0.25, 0.3) is 11.4 Å². The van der Waals surface area contributed by atoms with Gasteiger partial charge in [0.1, 0.15) is 12.4 Å². The van der Waals surface area contributed by atoms with Crippen LogP contribution in [0.2, 0.25) is 0 Å². The van der Waals surface area contributed by atoms with E-state index in [2.05, 4.69) is 35.2 Å². The third-order valence-electron chi connectivity index (χ3n) is 4.24. The molecule has 2 heterocycles. The predicted molar refractivity (Wildman–Crippen MR) is 94.7 cm³/mol. The Morgan fingerprint density at radius 1 is 1.17 bits per heavy atom. The van der Waals surface area contributed by atoms with Crippen molar-refractivity contribution in [1.29, 1.82) is 0 Å². The zero-order chi connectivity index (χ0) is 16.4. The molecule has 4 rings (SSSR count). The third kappa shape index (κ3) is 2.95. The molecule has 0 fully saturated rings. The van der Waals surface area contributed by atoms with Gasteiger partial charge in [-0.15, -0.1) is 0 Å². The zero-order valence-corrected chi connectivity index (χ0v) is 13.6. The van der Waals surface area contributed by atoms with E-state index in [1.54, 1.807) is 0 Å². The third-order valence-corrected chi connectivity index (χ3v) is 4.24. The standard InChI is InChI=1S/C20H19N3O/c1-15-7-5-6-10-19(15)16-11-21-20-22-17(13-23(20)12-16)14-24-18-8-3-2-4-9-18/h2-5,7-9,11-13H,6,10,14H2,1H3. The van der Waals surface area contributed by atoms with E-state index in [4.69, 9.17) is 4.74 Å². The summed E-state index contributed by atoms with van der Waals surface area (Å²) < 4.78 is 7.75. The average molecular weight is 317 g/mol. The number of para-hydroxylation sites is 1. The highest BCUT2D eigenvalue weighted by atomic mass is 16.5. The lowest BCUT2D eigenvalue weighted by molar-refractivity contribution is 0.302. The SMILES string of the molecule is CC1=C(c2cnc3nc(COc4ccccc4)cn3c2)CCC=C1. The van der Waals surface area contributed by atoms with Crippen LogP contribution in [-0.2, 0) is 6.61 Å². The molecule has 1 aromatic carbocycles. The highest BCUT2D eigenvalue weighted by Crippen LogP contribution is 2.27. The minimum absolute atomic E-state index is 0.438. The van der Waals surface area contributed by atoms with Crippen molar-refractivity contribution in [3.8, 4) is 5.75 Å². The number of ether oxygens (including phenoxy) is 1. The molecule has 3 aromatic rings. The van der Waals surface area contributed by atoms with Gasteiger partial charge in [0, 0.05) is 24.2 Å². The van der Waals surface area contributed by atoms with Gasteiger partial charge in [0.05, 0.1) is 5.69 Å². The Balaban J connectivity index is 1.58. The van der Waals surface area contributed by atoms with Gasteiger partial charge in [-0.2, -0.15) is 0 Å². The smallest absolute Gasteiger partial charge is 0.234 e. The molecule has 1 aliphatic carbocycles. The lowest BCUT2D eigenvalue weighted by Gasteiger charge is -2.13. The molecule has 4 nitrogen and oxygen atoms in total. The predicted octanol–water partition coefficient (Wildman–Crippen LogP) is 4.43. The highest BCUT2D eigenvalue weighted by molar-refractivity contribution is 5.71. The van der Waals surface area contributed by atoms with Crippen LogP contribution < -0.4 is 4.74 Å². The molecule has 0 radical (unpaired) electrons. The normalized spacial score (nSPS) is 14.4. The maximum Gasteiger partial charge on any atom is 0.234 e. The molecule has 0 atom stereocenters. The van der Waals surface area contributed by atoms with Gasteiger partial charge in [-0.05, 0) is 43.0 Å². The van der Waals surface area contributed by atoms with Crippen LogP contribution in [0.15, 0.2) is 66.6 Å². The number of imidazole rings is 1. The van der Waals surface area contributed by atoms with Gasteiger partial charge >= 0.3 is 0 Å². The second-order valence-electron chi connectivity index (χ2n) is 5.99. The number of hydrogen-bond donors (Lipinski definition) is 0. The van der Waals surface area contributed by atoms with Gasteiger partial charge < -0.3 is 4.74 Å². The lowest BCUT2D eigenvalue weighted by atomic mass is 9.94. The average Bonchev–Trinajstić information content (AvgIpc) is 3.03. The fourth-order valence-corrected chi connectivity index (χ4v) is 2.99. The Hall–Kier alpha value is -2.88. The summed E-state index contributed by atoms with van der Waals surface area (Å²) >= 11 is 0. The van der Waals surface area contributed by atoms with E-state index in [0.717, 1.165) is 29.8 Å². The van der Waals surface area contributed by atoms with Crippen LogP contribution in [0, 0.1) is 0 Å². The van der Waals surface area contributed by atoms with Crippen LogP contribution in [-0.4, -0.2) is 14.4 Å². The number of aromatic nitrogens is 3. The Morgan fingerprint density at radius 3 is 2.88 bits per heavy atom. The summed E-state index contributed by atoms with van der Waals surface area (Å²) in [6, 6.07) is 9.78. The Kier molecular flexibility index (Phi) is 3.87. The summed E-state index contributed by atoms with van der Waals surface area (Å²) in [6.45, 7) is 2.59. The fraction of sp³-hybridized carbons (Fsp3) is 0.200. The molecule has 120 valence electrons. The number of fused-ring (bicyclic) bond motifs is 1. The minimum Gasteiger partial charge on any atom is -0.487 e. The first kappa shape index (κ1) is 14.7. The molecule has 24 heavy (non-hydrogen) atoms. The summed E-state index contributed by atoms with van der Waals surface area (Å²) in [6.07, 6.45) is 12.6. The molecule has 0 saturated heterocycles. The molecule has 0 N–H and O–H groups in total. The lowest BCUT2D eigenvalue weighted by Crippen LogP contribution is -1.96. The minimum atomic E-state index is 0.438. The Morgan fingerprint density at radius 2 is 2.04 bits per heavy atom. The molecular formula is C20H19N3O. The summed E-state index contributed by atoms with van der Waals surface area (Å²) in [5.74, 6) is 1.55. The van der Waals surface area contributed by atoms with Gasteiger partial charge in [0.15, 0.2) is 0 Å². The van der Waals surface area contributed by atoms with Crippen molar-refractivity contribution in [3.05, 3.63) is 77.9 Å². The van der Waals surface area contributed by atoms with Crippen molar-refractivity contribution in [2.45, 2.75) is 26.4 Å². The monoisotopic (exact) mass is 317 g/mol. The molecule has 4 heteroatoms. The number of rotatable bonds is 4. The molecule has 0 aliphatic heterocycles. The van der Waals surface area contributed by atoms with Crippen molar-refractivity contribution >= 4 is 11.4 Å². The van der Waals surface area contributed by atoms with Gasteiger partial charge in [0.2, 0.25) is 5.78 Å². The summed E-state index contributed by atoms with van der Waals surface area (Å²) in [7, 11) is 0. The maximum absolute atomic E-state index is 5.76. The van der Waals surface area contributed by atoms with Crippen LogP contribution in [0.4, 0.5) is 0 Å². The van der Waals surface area contributed by atoms with Gasteiger partial charge in [0.25, 0.3) is 0 Å². The quantitative estimate of drug-likeness (QED) is 0.714. The second-order valence-corrected chi connectivity index (χ2v) is 5.99. The molecule has 0 unspecified atom stereocenters. The Bertz CT molecular complexity index is 922.